The van der Waals surface area contributed by atoms with Crippen molar-refractivity contribution in [2.75, 3.05) is 12.4 Å². The molecule has 0 aliphatic carbocycles. The van der Waals surface area contributed by atoms with E-state index in [1.54, 1.807) is 6.92 Å². The number of amides is 2. The highest BCUT2D eigenvalue weighted by atomic mass is 32.2. The van der Waals surface area contributed by atoms with Gasteiger partial charge in [-0.05, 0) is 0 Å². The van der Waals surface area contributed by atoms with Crippen molar-refractivity contribution in [3.63, 3.8) is 0 Å². The first-order valence-corrected chi connectivity index (χ1v) is 10.2. The van der Waals surface area contributed by atoms with Gasteiger partial charge in [-0.1, -0.05) is 6.92 Å². The van der Waals surface area contributed by atoms with Crippen LogP contribution in [0.25, 0.3) is 0 Å². The van der Waals surface area contributed by atoms with Crippen molar-refractivity contribution in [1.29, 1.82) is 0 Å². The molecule has 3 atom stereocenters. The molecule has 1 aromatic heterocycles. The highest BCUT2D eigenvalue weighted by molar-refractivity contribution is 8.00. The molecule has 1 saturated heterocycles. The molecule has 2 N–H and O–H groups in total. The van der Waals surface area contributed by atoms with Crippen molar-refractivity contribution in [2.45, 2.75) is 31.8 Å². The van der Waals surface area contributed by atoms with Crippen molar-refractivity contribution in [1.82, 2.24) is 20.0 Å². The van der Waals surface area contributed by atoms with Crippen molar-refractivity contribution in [3.8, 4) is 0 Å². The molecule has 1 fully saturated rings. The van der Waals surface area contributed by atoms with E-state index in [9.17, 15) is 34.4 Å². The van der Waals surface area contributed by atoms with E-state index in [-0.39, 0.29) is 30.3 Å². The van der Waals surface area contributed by atoms with Gasteiger partial charge < -0.3 is 15.2 Å². The second-order valence-corrected chi connectivity index (χ2v) is 8.12. The molecule has 0 aromatic carbocycles. The number of esters is 1. The molecule has 3 rings (SSSR count). The van der Waals surface area contributed by atoms with Crippen LogP contribution >= 0.6 is 11.8 Å². The van der Waals surface area contributed by atoms with Gasteiger partial charge in [-0.3, -0.25) is 34.1 Å². The van der Waals surface area contributed by atoms with Crippen molar-refractivity contribution in [2.24, 2.45) is 5.92 Å². The number of hydrogen-bond acceptors (Lipinski definition) is 9. The van der Waals surface area contributed by atoms with E-state index in [1.165, 1.54) is 29.6 Å². The molecule has 0 saturated carbocycles. The SMILES string of the molecule is CC(=O)OCC1=C(C(=O)O)N2C(=O)[C@H](NC(=O)[C@H](C)Cn3cc([N+](=O)[O-])cn3)[C@@H]2SC1. The Kier molecular flexibility index (Phi) is 6.29. The Hall–Kier alpha value is -3.42. The van der Waals surface area contributed by atoms with Crippen molar-refractivity contribution >= 4 is 41.2 Å². The number of aliphatic carboxylic acids is 1. The maximum atomic E-state index is 12.6. The number of rotatable bonds is 8. The number of nitrogens with zero attached hydrogens (tertiary/aromatic N) is 4. The summed E-state index contributed by atoms with van der Waals surface area (Å²) in [5, 5.41) is 26.1. The number of hydrogen-bond donors (Lipinski definition) is 2. The van der Waals surface area contributed by atoms with Gasteiger partial charge in [0.25, 0.3) is 5.91 Å². The Bertz CT molecular complexity index is 989. The molecule has 1 aromatic rings. The van der Waals surface area contributed by atoms with Crippen LogP contribution in [0.15, 0.2) is 23.7 Å². The number of carboxylic acid groups (broad SMARTS) is 1. The van der Waals surface area contributed by atoms with Gasteiger partial charge in [-0.2, -0.15) is 5.10 Å². The van der Waals surface area contributed by atoms with Crippen LogP contribution in [0.4, 0.5) is 5.69 Å². The largest absolute Gasteiger partial charge is 0.477 e. The first-order valence-electron chi connectivity index (χ1n) is 9.10. The second-order valence-electron chi connectivity index (χ2n) is 7.01. The predicted molar refractivity (Wildman–Crippen MR) is 104 cm³/mol. The Morgan fingerprint density at radius 3 is 2.77 bits per heavy atom. The Labute approximate surface area is 179 Å². The van der Waals surface area contributed by atoms with E-state index in [4.69, 9.17) is 4.74 Å². The number of nitro groups is 1. The lowest BCUT2D eigenvalue weighted by Crippen LogP contribution is -2.71. The minimum Gasteiger partial charge on any atom is -0.477 e. The highest BCUT2D eigenvalue weighted by Crippen LogP contribution is 2.40. The van der Waals surface area contributed by atoms with Crippen LogP contribution < -0.4 is 5.32 Å². The number of fused-ring (bicyclic) bond motifs is 1. The van der Waals surface area contributed by atoms with Gasteiger partial charge in [-0.25, -0.2) is 4.79 Å². The van der Waals surface area contributed by atoms with E-state index in [0.29, 0.717) is 5.57 Å². The fourth-order valence-electron chi connectivity index (χ4n) is 3.19. The quantitative estimate of drug-likeness (QED) is 0.231. The van der Waals surface area contributed by atoms with Crippen molar-refractivity contribution in [3.05, 3.63) is 33.8 Å². The Balaban J connectivity index is 1.64. The molecule has 13 nitrogen and oxygen atoms in total. The van der Waals surface area contributed by atoms with Crippen LogP contribution in [0.5, 0.6) is 0 Å². The molecule has 0 unspecified atom stereocenters. The molecule has 0 spiro atoms. The van der Waals surface area contributed by atoms with Crippen LogP contribution in [0, 0.1) is 16.0 Å². The average molecular weight is 453 g/mol. The summed E-state index contributed by atoms with van der Waals surface area (Å²) in [7, 11) is 0. The van der Waals surface area contributed by atoms with Crippen LogP contribution in [0.2, 0.25) is 0 Å². The number of carbonyl (C=O) groups is 4. The van der Waals surface area contributed by atoms with Crippen LogP contribution in [0.1, 0.15) is 13.8 Å². The molecule has 3 heterocycles. The zero-order valence-electron chi connectivity index (χ0n) is 16.5. The van der Waals surface area contributed by atoms with Crippen LogP contribution in [-0.2, 0) is 30.5 Å². The summed E-state index contributed by atoms with van der Waals surface area (Å²) in [6.45, 7) is 2.61. The van der Waals surface area contributed by atoms with E-state index in [0.717, 1.165) is 11.1 Å². The van der Waals surface area contributed by atoms with Crippen molar-refractivity contribution < 1.29 is 33.9 Å². The zero-order chi connectivity index (χ0) is 22.9. The summed E-state index contributed by atoms with van der Waals surface area (Å²) in [6, 6.07) is -0.906. The second kappa shape index (κ2) is 8.75. The summed E-state index contributed by atoms with van der Waals surface area (Å²) in [6.07, 6.45) is 2.27. The minimum absolute atomic E-state index is 0.0644. The van der Waals surface area contributed by atoms with Gasteiger partial charge in [0.05, 0.1) is 17.4 Å². The first kappa shape index (κ1) is 22.3. The van der Waals surface area contributed by atoms with Crippen LogP contribution in [0.3, 0.4) is 0 Å². The number of aromatic nitrogens is 2. The Morgan fingerprint density at radius 2 is 2.19 bits per heavy atom. The standard InChI is InChI=1S/C17H19N5O8S/c1-8(4-20-5-11(3-18-20)22(28)29)14(24)19-12-15(25)21-13(17(26)27)10(6-30-9(2)23)7-31-16(12)21/h3,5,8,12,16H,4,6-7H2,1-2H3,(H,19,24)(H,26,27)/t8-,12+,16+/m1/s1. The molecular formula is C17H19N5O8S. The third-order valence-electron chi connectivity index (χ3n) is 4.74. The molecule has 2 amide bonds. The zero-order valence-corrected chi connectivity index (χ0v) is 17.3. The summed E-state index contributed by atoms with van der Waals surface area (Å²) in [5.41, 5.74) is -0.137. The number of carboxylic acids is 1. The molecule has 2 aliphatic rings. The van der Waals surface area contributed by atoms with E-state index in [2.05, 4.69) is 10.4 Å². The van der Waals surface area contributed by atoms with Gasteiger partial charge in [0.1, 0.15) is 36.1 Å². The van der Waals surface area contributed by atoms with E-state index in [1.807, 2.05) is 0 Å². The molecular weight excluding hydrogens is 434 g/mol. The summed E-state index contributed by atoms with van der Waals surface area (Å²) >= 11 is 1.26. The van der Waals surface area contributed by atoms with Gasteiger partial charge >= 0.3 is 17.6 Å². The fraction of sp³-hybridized carbons (Fsp3) is 0.471. The minimum atomic E-state index is -1.32. The van der Waals surface area contributed by atoms with Gasteiger partial charge in [0, 0.05) is 18.2 Å². The molecule has 0 radical (unpaired) electrons. The average Bonchev–Trinajstić information content (AvgIpc) is 3.17. The predicted octanol–water partition coefficient (Wildman–Crippen LogP) is -0.271. The lowest BCUT2D eigenvalue weighted by molar-refractivity contribution is -0.385. The molecule has 166 valence electrons. The summed E-state index contributed by atoms with van der Waals surface area (Å²) < 4.78 is 6.13. The van der Waals surface area contributed by atoms with Gasteiger partial charge in [0.15, 0.2) is 0 Å². The lowest BCUT2D eigenvalue weighted by Gasteiger charge is -2.49. The molecule has 31 heavy (non-hydrogen) atoms. The highest BCUT2D eigenvalue weighted by Gasteiger charge is 2.54. The topological polar surface area (TPSA) is 174 Å². The summed E-state index contributed by atoms with van der Waals surface area (Å²) in [5.74, 6) is -3.36. The first-order chi connectivity index (χ1) is 14.6. The normalized spacial score (nSPS) is 21.1. The fourth-order valence-corrected chi connectivity index (χ4v) is 4.52. The maximum Gasteiger partial charge on any atom is 0.352 e. The number of nitrogens with one attached hydrogen (secondary N) is 1. The summed E-state index contributed by atoms with van der Waals surface area (Å²) in [4.78, 5) is 59.0. The molecule has 14 heteroatoms. The third-order valence-corrected chi connectivity index (χ3v) is 6.08. The smallest absolute Gasteiger partial charge is 0.352 e. The maximum absolute atomic E-state index is 12.6. The number of ether oxygens (including phenoxy) is 1. The van der Waals surface area contributed by atoms with Gasteiger partial charge in [-0.15, -0.1) is 11.8 Å². The van der Waals surface area contributed by atoms with Crippen LogP contribution in [-0.4, -0.2) is 72.2 Å². The van der Waals surface area contributed by atoms with E-state index >= 15 is 0 Å². The van der Waals surface area contributed by atoms with E-state index < -0.39 is 46.0 Å². The third kappa shape index (κ3) is 4.52. The lowest BCUT2D eigenvalue weighted by atomic mass is 10.0. The number of carbonyl (C=O) groups excluding carboxylic acids is 3. The Morgan fingerprint density at radius 1 is 1.48 bits per heavy atom. The molecule has 2 aliphatic heterocycles. The van der Waals surface area contributed by atoms with Gasteiger partial charge in [0.2, 0.25) is 5.91 Å². The monoisotopic (exact) mass is 453 g/mol. The number of thioether (sulfide) groups is 1. The molecule has 0 bridgehead atoms. The number of β-lactam (4-membered cyclic amide) rings is 1.